The molecule has 1 aromatic rings. The van der Waals surface area contributed by atoms with Gasteiger partial charge in [0.25, 0.3) is 0 Å². The third-order valence-electron chi connectivity index (χ3n) is 5.25. The Kier molecular flexibility index (Phi) is 3.66. The second-order valence-electron chi connectivity index (χ2n) is 6.14. The number of hydrogen-bond donors (Lipinski definition) is 0. The van der Waals surface area contributed by atoms with E-state index in [0.717, 1.165) is 11.8 Å². The molecule has 0 nitrogen and oxygen atoms in total. The zero-order valence-electron chi connectivity index (χ0n) is 11.1. The first-order valence-corrected chi connectivity index (χ1v) is 8.04. The summed E-state index contributed by atoms with van der Waals surface area (Å²) in [7, 11) is 0. The van der Waals surface area contributed by atoms with E-state index in [9.17, 15) is 0 Å². The second-order valence-corrected chi connectivity index (χ2v) is 6.40. The van der Waals surface area contributed by atoms with Crippen molar-refractivity contribution in [1.82, 2.24) is 0 Å². The molecule has 1 unspecified atom stereocenters. The van der Waals surface area contributed by atoms with Crippen molar-refractivity contribution in [3.63, 3.8) is 0 Å². The molecule has 1 heteroatoms. The van der Waals surface area contributed by atoms with E-state index in [0.29, 0.717) is 0 Å². The van der Waals surface area contributed by atoms with Gasteiger partial charge in [0.15, 0.2) is 0 Å². The Bertz CT molecular complexity index is 406. The van der Waals surface area contributed by atoms with Crippen molar-refractivity contribution in [3.05, 3.63) is 35.4 Å². The Morgan fingerprint density at radius 3 is 2.61 bits per heavy atom. The predicted octanol–water partition coefficient (Wildman–Crippen LogP) is 5.08. The van der Waals surface area contributed by atoms with Gasteiger partial charge in [-0.25, -0.2) is 0 Å². The first kappa shape index (κ1) is 12.5. The Hall–Kier alpha value is -0.490. The minimum atomic E-state index is 0.289. The molecule has 0 amide bonds. The molecule has 2 aliphatic rings. The molecular weight excluding hydrogens is 240 g/mol. The van der Waals surface area contributed by atoms with Crippen molar-refractivity contribution < 1.29 is 0 Å². The molecule has 0 aliphatic heterocycles. The lowest BCUT2D eigenvalue weighted by atomic mass is 9.60. The van der Waals surface area contributed by atoms with Gasteiger partial charge >= 0.3 is 0 Å². The van der Waals surface area contributed by atoms with Crippen LogP contribution in [0.25, 0.3) is 0 Å². The zero-order valence-corrected chi connectivity index (χ0v) is 11.9. The summed E-state index contributed by atoms with van der Waals surface area (Å²) in [6.07, 6.45) is 10.9. The molecule has 0 aromatic heterocycles. The van der Waals surface area contributed by atoms with Crippen molar-refractivity contribution in [2.24, 2.45) is 5.92 Å². The molecule has 1 aromatic carbocycles. The molecule has 1 fully saturated rings. The van der Waals surface area contributed by atoms with Crippen molar-refractivity contribution in [1.29, 1.82) is 0 Å². The van der Waals surface area contributed by atoms with Crippen molar-refractivity contribution in [2.75, 3.05) is 5.88 Å². The van der Waals surface area contributed by atoms with E-state index in [4.69, 9.17) is 11.6 Å². The summed E-state index contributed by atoms with van der Waals surface area (Å²) in [6, 6.07) is 9.06. The summed E-state index contributed by atoms with van der Waals surface area (Å²) in [5, 5.41) is 0. The largest absolute Gasteiger partial charge is 0.126 e. The third kappa shape index (κ3) is 1.99. The summed E-state index contributed by atoms with van der Waals surface area (Å²) in [5.41, 5.74) is 3.43. The summed E-state index contributed by atoms with van der Waals surface area (Å²) >= 11 is 6.50. The second kappa shape index (κ2) is 5.25. The normalized spacial score (nSPS) is 28.9. The van der Waals surface area contributed by atoms with Crippen molar-refractivity contribution in [3.8, 4) is 0 Å². The molecule has 3 rings (SSSR count). The SMILES string of the molecule is ClCC1(C2CCCCC2)CCCc2ccccc21. The quantitative estimate of drug-likeness (QED) is 0.652. The topological polar surface area (TPSA) is 0 Å². The number of benzene rings is 1. The van der Waals surface area contributed by atoms with Crippen LogP contribution in [0.15, 0.2) is 24.3 Å². The van der Waals surface area contributed by atoms with Crippen LogP contribution in [0, 0.1) is 5.92 Å². The van der Waals surface area contributed by atoms with Crippen molar-refractivity contribution >= 4 is 11.6 Å². The Labute approximate surface area is 116 Å². The highest BCUT2D eigenvalue weighted by Gasteiger charge is 2.42. The third-order valence-corrected chi connectivity index (χ3v) is 5.72. The van der Waals surface area contributed by atoms with Gasteiger partial charge in [0.1, 0.15) is 0 Å². The zero-order chi connectivity index (χ0) is 12.4. The number of hydrogen-bond acceptors (Lipinski definition) is 0. The predicted molar refractivity (Wildman–Crippen MR) is 78.4 cm³/mol. The van der Waals surface area contributed by atoms with Crippen LogP contribution in [-0.4, -0.2) is 5.88 Å². The Morgan fingerprint density at radius 2 is 1.83 bits per heavy atom. The minimum Gasteiger partial charge on any atom is -0.126 e. The summed E-state index contributed by atoms with van der Waals surface area (Å²) in [5.74, 6) is 1.64. The first-order valence-electron chi connectivity index (χ1n) is 7.51. The molecule has 0 radical (unpaired) electrons. The van der Waals surface area contributed by atoms with E-state index in [1.165, 1.54) is 51.4 Å². The van der Waals surface area contributed by atoms with Crippen LogP contribution in [0.5, 0.6) is 0 Å². The molecule has 0 heterocycles. The van der Waals surface area contributed by atoms with Crippen LogP contribution >= 0.6 is 11.6 Å². The first-order chi connectivity index (χ1) is 8.87. The average molecular weight is 263 g/mol. The maximum absolute atomic E-state index is 6.50. The van der Waals surface area contributed by atoms with Gasteiger partial charge in [-0.3, -0.25) is 0 Å². The smallest absolute Gasteiger partial charge is 0.0323 e. The van der Waals surface area contributed by atoms with Crippen molar-refractivity contribution in [2.45, 2.75) is 56.8 Å². The van der Waals surface area contributed by atoms with Gasteiger partial charge in [-0.15, -0.1) is 11.6 Å². The lowest BCUT2D eigenvalue weighted by Gasteiger charge is -2.45. The Balaban J connectivity index is 2.01. The van der Waals surface area contributed by atoms with Gasteiger partial charge in [-0.2, -0.15) is 0 Å². The molecule has 0 bridgehead atoms. The van der Waals surface area contributed by atoms with Gasteiger partial charge < -0.3 is 0 Å². The van der Waals surface area contributed by atoms with E-state index < -0.39 is 0 Å². The summed E-state index contributed by atoms with van der Waals surface area (Å²) in [6.45, 7) is 0. The van der Waals surface area contributed by atoms with E-state index >= 15 is 0 Å². The van der Waals surface area contributed by atoms with Crippen LogP contribution in [0.2, 0.25) is 0 Å². The summed E-state index contributed by atoms with van der Waals surface area (Å²) in [4.78, 5) is 0. The number of alkyl halides is 1. The van der Waals surface area contributed by atoms with Gasteiger partial charge in [0.05, 0.1) is 0 Å². The molecule has 1 atom stereocenters. The summed E-state index contributed by atoms with van der Waals surface area (Å²) < 4.78 is 0. The van der Waals surface area contributed by atoms with E-state index in [1.54, 1.807) is 11.1 Å². The van der Waals surface area contributed by atoms with Gasteiger partial charge in [0, 0.05) is 11.3 Å². The van der Waals surface area contributed by atoms with E-state index in [-0.39, 0.29) is 5.41 Å². The standard InChI is InChI=1S/C17H23Cl/c18-13-17(15-9-2-1-3-10-15)12-6-8-14-7-4-5-11-16(14)17/h4-5,7,11,15H,1-3,6,8-10,12-13H2. The minimum absolute atomic E-state index is 0.289. The highest BCUT2D eigenvalue weighted by atomic mass is 35.5. The van der Waals surface area contributed by atoms with E-state index in [2.05, 4.69) is 24.3 Å². The maximum Gasteiger partial charge on any atom is 0.0323 e. The number of rotatable bonds is 2. The number of halogens is 1. The van der Waals surface area contributed by atoms with Crippen LogP contribution in [0.1, 0.15) is 56.1 Å². The fourth-order valence-electron chi connectivity index (χ4n) is 4.28. The molecule has 0 saturated heterocycles. The molecule has 2 aliphatic carbocycles. The molecule has 98 valence electrons. The highest BCUT2D eigenvalue weighted by Crippen LogP contribution is 2.48. The molecule has 18 heavy (non-hydrogen) atoms. The Morgan fingerprint density at radius 1 is 1.06 bits per heavy atom. The lowest BCUT2D eigenvalue weighted by Crippen LogP contribution is -2.41. The molecule has 0 N–H and O–H groups in total. The van der Waals surface area contributed by atoms with Gasteiger partial charge in [0.2, 0.25) is 0 Å². The molecular formula is C17H23Cl. The van der Waals surface area contributed by atoms with Crippen LogP contribution < -0.4 is 0 Å². The number of aryl methyl sites for hydroxylation is 1. The van der Waals surface area contributed by atoms with Crippen LogP contribution in [-0.2, 0) is 11.8 Å². The van der Waals surface area contributed by atoms with E-state index in [1.807, 2.05) is 0 Å². The maximum atomic E-state index is 6.50. The van der Waals surface area contributed by atoms with Gasteiger partial charge in [-0.05, 0) is 49.1 Å². The van der Waals surface area contributed by atoms with Crippen LogP contribution in [0.3, 0.4) is 0 Å². The lowest BCUT2D eigenvalue weighted by molar-refractivity contribution is 0.197. The molecule has 1 saturated carbocycles. The fourth-order valence-corrected chi connectivity index (χ4v) is 4.78. The molecule has 0 spiro atoms. The fraction of sp³-hybridized carbons (Fsp3) is 0.647. The monoisotopic (exact) mass is 262 g/mol. The highest BCUT2D eigenvalue weighted by molar-refractivity contribution is 6.18. The van der Waals surface area contributed by atoms with Gasteiger partial charge in [-0.1, -0.05) is 43.5 Å². The average Bonchev–Trinajstić information content (AvgIpc) is 2.47. The van der Waals surface area contributed by atoms with Crippen LogP contribution in [0.4, 0.5) is 0 Å². The number of fused-ring (bicyclic) bond motifs is 1.